The van der Waals surface area contributed by atoms with Crippen LogP contribution in [0.4, 0.5) is 0 Å². The lowest BCUT2D eigenvalue weighted by Crippen LogP contribution is -2.09. The molecule has 0 saturated heterocycles. The van der Waals surface area contributed by atoms with E-state index in [0.717, 1.165) is 0 Å². The molecular weight excluding hydrogens is 130 g/mol. The zero-order chi connectivity index (χ0) is 7.82. The van der Waals surface area contributed by atoms with Gasteiger partial charge in [0.25, 0.3) is 0 Å². The molecule has 0 atom stereocenters. The van der Waals surface area contributed by atoms with Crippen molar-refractivity contribution in [3.05, 3.63) is 12.2 Å². The second-order valence-corrected chi connectivity index (χ2v) is 1.98. The van der Waals surface area contributed by atoms with E-state index in [0.29, 0.717) is 19.4 Å². The molecule has 0 amide bonds. The Kier molecular flexibility index (Phi) is 6.02. The minimum atomic E-state index is 0.109. The number of nitrogens with one attached hydrogen (secondary N) is 1. The van der Waals surface area contributed by atoms with Crippen molar-refractivity contribution in [1.82, 2.24) is 5.48 Å². The Morgan fingerprint density at radius 2 is 2.40 bits per heavy atom. The number of carbonyl (C=O) groups excluding carboxylic acids is 1. The Labute approximate surface area is 60.7 Å². The Morgan fingerprint density at radius 1 is 1.70 bits per heavy atom. The van der Waals surface area contributed by atoms with Gasteiger partial charge in [-0.05, 0) is 19.4 Å². The second-order valence-electron chi connectivity index (χ2n) is 1.98. The van der Waals surface area contributed by atoms with Crippen LogP contribution >= 0.6 is 0 Å². The fraction of sp³-hybridized carbons (Fsp3) is 0.571. The molecule has 0 aromatic carbocycles. The minimum absolute atomic E-state index is 0.109. The Bertz CT molecular complexity index is 121. The summed E-state index contributed by atoms with van der Waals surface area (Å²) in [6, 6.07) is 0. The lowest BCUT2D eigenvalue weighted by molar-refractivity contribution is -0.114. The van der Waals surface area contributed by atoms with Gasteiger partial charge in [0.15, 0.2) is 5.78 Å². The van der Waals surface area contributed by atoms with Gasteiger partial charge >= 0.3 is 0 Å². The summed E-state index contributed by atoms with van der Waals surface area (Å²) in [6.07, 6.45) is 4.43. The van der Waals surface area contributed by atoms with Gasteiger partial charge in [-0.2, -0.15) is 0 Å². The van der Waals surface area contributed by atoms with E-state index < -0.39 is 0 Å². The summed E-state index contributed by atoms with van der Waals surface area (Å²) in [5.41, 5.74) is 1.99. The summed E-state index contributed by atoms with van der Waals surface area (Å²) in [5.74, 6) is 0.109. The molecule has 0 unspecified atom stereocenters. The molecule has 0 fully saturated rings. The van der Waals surface area contributed by atoms with Crippen LogP contribution in [0.5, 0.6) is 0 Å². The average Bonchev–Trinajstić information content (AvgIpc) is 1.89. The summed E-state index contributed by atoms with van der Waals surface area (Å²) in [7, 11) is 0. The molecule has 0 aromatic heterocycles. The van der Waals surface area contributed by atoms with E-state index in [1.54, 1.807) is 6.08 Å². The van der Waals surface area contributed by atoms with E-state index in [-0.39, 0.29) is 5.78 Å². The van der Waals surface area contributed by atoms with Crippen LogP contribution in [0.25, 0.3) is 0 Å². The van der Waals surface area contributed by atoms with Gasteiger partial charge in [-0.3, -0.25) is 4.79 Å². The summed E-state index contributed by atoms with van der Waals surface area (Å²) in [4.78, 5) is 10.7. The smallest absolute Gasteiger partial charge is 0.155 e. The molecule has 0 radical (unpaired) electrons. The summed E-state index contributed by atoms with van der Waals surface area (Å²) in [5, 5.41) is 8.13. The molecule has 0 aliphatic heterocycles. The zero-order valence-electron chi connectivity index (χ0n) is 6.13. The summed E-state index contributed by atoms with van der Waals surface area (Å²) in [6.45, 7) is 2.28. The summed E-state index contributed by atoms with van der Waals surface area (Å²) >= 11 is 0. The van der Waals surface area contributed by atoms with Crippen LogP contribution in [-0.2, 0) is 4.79 Å². The molecule has 0 aliphatic carbocycles. The van der Waals surface area contributed by atoms with E-state index >= 15 is 0 Å². The Balaban J connectivity index is 3.22. The third-order valence-electron chi connectivity index (χ3n) is 1.06. The van der Waals surface area contributed by atoms with Gasteiger partial charge in [0.05, 0.1) is 0 Å². The van der Waals surface area contributed by atoms with Crippen LogP contribution in [0, 0.1) is 0 Å². The second kappa shape index (κ2) is 6.45. The number of allylic oxidation sites excluding steroid dienone is 2. The highest BCUT2D eigenvalue weighted by Gasteiger charge is 1.93. The SMILES string of the molecule is C/C=C/C(=O)CCCNO. The molecule has 10 heavy (non-hydrogen) atoms. The minimum Gasteiger partial charge on any atom is -0.317 e. The molecule has 0 heterocycles. The highest BCUT2D eigenvalue weighted by Crippen LogP contribution is 1.90. The Morgan fingerprint density at radius 3 is 2.90 bits per heavy atom. The van der Waals surface area contributed by atoms with Crippen molar-refractivity contribution in [1.29, 1.82) is 0 Å². The first-order valence-corrected chi connectivity index (χ1v) is 3.33. The first-order valence-electron chi connectivity index (χ1n) is 3.33. The lowest BCUT2D eigenvalue weighted by Gasteiger charge is -1.93. The lowest BCUT2D eigenvalue weighted by atomic mass is 10.2. The Hall–Kier alpha value is -0.670. The van der Waals surface area contributed by atoms with Crippen molar-refractivity contribution in [3.8, 4) is 0 Å². The molecule has 0 spiro atoms. The first-order chi connectivity index (χ1) is 4.81. The van der Waals surface area contributed by atoms with Crippen LogP contribution in [0.15, 0.2) is 12.2 Å². The van der Waals surface area contributed by atoms with E-state index in [1.807, 2.05) is 12.4 Å². The van der Waals surface area contributed by atoms with Gasteiger partial charge in [0.1, 0.15) is 0 Å². The number of carbonyl (C=O) groups is 1. The maximum atomic E-state index is 10.7. The van der Waals surface area contributed by atoms with E-state index in [4.69, 9.17) is 5.21 Å². The molecule has 0 rings (SSSR count). The van der Waals surface area contributed by atoms with Crippen molar-refractivity contribution < 1.29 is 10.0 Å². The largest absolute Gasteiger partial charge is 0.317 e. The molecule has 3 nitrogen and oxygen atoms in total. The van der Waals surface area contributed by atoms with Crippen molar-refractivity contribution in [3.63, 3.8) is 0 Å². The highest BCUT2D eigenvalue weighted by molar-refractivity contribution is 5.89. The maximum Gasteiger partial charge on any atom is 0.155 e. The number of hydrogen-bond acceptors (Lipinski definition) is 3. The van der Waals surface area contributed by atoms with Gasteiger partial charge in [0.2, 0.25) is 0 Å². The first kappa shape index (κ1) is 9.33. The van der Waals surface area contributed by atoms with Gasteiger partial charge in [-0.1, -0.05) is 6.08 Å². The number of hydrogen-bond donors (Lipinski definition) is 2. The number of ketones is 1. The van der Waals surface area contributed by atoms with Crippen molar-refractivity contribution in [2.45, 2.75) is 19.8 Å². The van der Waals surface area contributed by atoms with Gasteiger partial charge in [0, 0.05) is 13.0 Å². The van der Waals surface area contributed by atoms with Crippen LogP contribution in [0.1, 0.15) is 19.8 Å². The predicted molar refractivity (Wildman–Crippen MR) is 38.8 cm³/mol. The zero-order valence-corrected chi connectivity index (χ0v) is 6.13. The van der Waals surface area contributed by atoms with Crippen LogP contribution in [0.3, 0.4) is 0 Å². The predicted octanol–water partition coefficient (Wildman–Crippen LogP) is 0.891. The van der Waals surface area contributed by atoms with Crippen molar-refractivity contribution in [2.24, 2.45) is 0 Å². The number of hydroxylamine groups is 1. The fourth-order valence-corrected chi connectivity index (χ4v) is 0.611. The standard InChI is InChI=1S/C7H13NO2/c1-2-4-7(9)5-3-6-8-10/h2,4,8,10H,3,5-6H2,1H3/b4-2+. The van der Waals surface area contributed by atoms with E-state index in [2.05, 4.69) is 0 Å². The van der Waals surface area contributed by atoms with E-state index in [1.165, 1.54) is 6.08 Å². The topological polar surface area (TPSA) is 49.3 Å². The van der Waals surface area contributed by atoms with Gasteiger partial charge < -0.3 is 5.21 Å². The summed E-state index contributed by atoms with van der Waals surface area (Å²) < 4.78 is 0. The molecule has 0 bridgehead atoms. The fourth-order valence-electron chi connectivity index (χ4n) is 0.611. The molecule has 3 heteroatoms. The highest BCUT2D eigenvalue weighted by atomic mass is 16.5. The average molecular weight is 143 g/mol. The van der Waals surface area contributed by atoms with E-state index in [9.17, 15) is 4.79 Å². The number of rotatable bonds is 5. The van der Waals surface area contributed by atoms with Crippen LogP contribution in [0.2, 0.25) is 0 Å². The van der Waals surface area contributed by atoms with Crippen molar-refractivity contribution in [2.75, 3.05) is 6.54 Å². The molecular formula is C7H13NO2. The maximum absolute atomic E-state index is 10.7. The third-order valence-corrected chi connectivity index (χ3v) is 1.06. The monoisotopic (exact) mass is 143 g/mol. The quantitative estimate of drug-likeness (QED) is 0.341. The molecule has 0 saturated carbocycles. The molecule has 0 aromatic rings. The van der Waals surface area contributed by atoms with Gasteiger partial charge in [-0.15, -0.1) is 0 Å². The normalized spacial score (nSPS) is 10.6. The molecule has 58 valence electrons. The van der Waals surface area contributed by atoms with Crippen molar-refractivity contribution >= 4 is 5.78 Å². The van der Waals surface area contributed by atoms with Gasteiger partial charge in [-0.25, -0.2) is 5.48 Å². The third kappa shape index (κ3) is 5.47. The molecule has 0 aliphatic rings. The van der Waals surface area contributed by atoms with Crippen LogP contribution < -0.4 is 5.48 Å². The molecule has 2 N–H and O–H groups in total. The van der Waals surface area contributed by atoms with Crippen LogP contribution in [-0.4, -0.2) is 17.5 Å².